The molecule has 0 spiro atoms. The molecule has 2 unspecified atom stereocenters. The lowest BCUT2D eigenvalue weighted by molar-refractivity contribution is -0.127. The molecule has 20 heavy (non-hydrogen) atoms. The van der Waals surface area contributed by atoms with Crippen LogP contribution in [0.5, 0.6) is 5.75 Å². The number of halogens is 1. The largest absolute Gasteiger partial charge is 0.479 e. The molecular formula is C15H22ClNO3. The minimum atomic E-state index is -0.633. The molecule has 0 aromatic heterocycles. The van der Waals surface area contributed by atoms with Crippen molar-refractivity contribution in [3.05, 3.63) is 29.3 Å². The molecule has 0 aliphatic rings. The van der Waals surface area contributed by atoms with E-state index >= 15 is 0 Å². The molecule has 1 amide bonds. The van der Waals surface area contributed by atoms with Crippen molar-refractivity contribution in [2.75, 3.05) is 6.54 Å². The summed E-state index contributed by atoms with van der Waals surface area (Å²) in [5.41, 5.74) is 0. The van der Waals surface area contributed by atoms with Crippen LogP contribution in [0.2, 0.25) is 5.02 Å². The van der Waals surface area contributed by atoms with Crippen LogP contribution in [0.25, 0.3) is 0 Å². The van der Waals surface area contributed by atoms with Gasteiger partial charge in [-0.25, -0.2) is 0 Å². The van der Waals surface area contributed by atoms with Crippen molar-refractivity contribution in [1.29, 1.82) is 0 Å². The number of aliphatic hydroxyl groups is 1. The summed E-state index contributed by atoms with van der Waals surface area (Å²) in [6, 6.07) is 7.02. The van der Waals surface area contributed by atoms with Gasteiger partial charge >= 0.3 is 0 Å². The highest BCUT2D eigenvalue weighted by atomic mass is 35.5. The zero-order valence-electron chi connectivity index (χ0n) is 12.1. The van der Waals surface area contributed by atoms with Gasteiger partial charge in [0.05, 0.1) is 11.1 Å². The van der Waals surface area contributed by atoms with Gasteiger partial charge in [-0.15, -0.1) is 0 Å². The molecule has 4 nitrogen and oxygen atoms in total. The molecule has 1 aromatic rings. The number of nitrogens with one attached hydrogen (secondary N) is 1. The van der Waals surface area contributed by atoms with Gasteiger partial charge in [-0.2, -0.15) is 0 Å². The Morgan fingerprint density at radius 2 is 2.00 bits per heavy atom. The maximum absolute atomic E-state index is 11.8. The standard InChI is InChI=1S/C15H22ClNO3/c1-10(2)13(18)8-9-17-15(19)11(3)20-14-7-5-4-6-12(14)16/h4-7,10-11,13,18H,8-9H2,1-3H3,(H,17,19). The van der Waals surface area contributed by atoms with Gasteiger partial charge in [0, 0.05) is 6.54 Å². The number of benzene rings is 1. The molecule has 1 aromatic carbocycles. The van der Waals surface area contributed by atoms with Gasteiger partial charge in [0.25, 0.3) is 5.91 Å². The van der Waals surface area contributed by atoms with Gasteiger partial charge < -0.3 is 15.2 Å². The summed E-state index contributed by atoms with van der Waals surface area (Å²) < 4.78 is 5.51. The minimum absolute atomic E-state index is 0.184. The molecule has 2 atom stereocenters. The second kappa shape index (κ2) is 8.12. The molecule has 5 heteroatoms. The van der Waals surface area contributed by atoms with Crippen molar-refractivity contribution >= 4 is 17.5 Å². The first-order chi connectivity index (χ1) is 9.41. The van der Waals surface area contributed by atoms with Crippen molar-refractivity contribution < 1.29 is 14.6 Å². The molecular weight excluding hydrogens is 278 g/mol. The zero-order chi connectivity index (χ0) is 15.1. The molecule has 0 saturated carbocycles. The van der Waals surface area contributed by atoms with Crippen LogP contribution in [0.3, 0.4) is 0 Å². The Morgan fingerprint density at radius 1 is 1.35 bits per heavy atom. The predicted molar refractivity (Wildman–Crippen MR) is 80.0 cm³/mol. The third-order valence-corrected chi connectivity index (χ3v) is 3.33. The minimum Gasteiger partial charge on any atom is -0.479 e. The fourth-order valence-electron chi connectivity index (χ4n) is 1.60. The molecule has 112 valence electrons. The number of aliphatic hydroxyl groups excluding tert-OH is 1. The van der Waals surface area contributed by atoms with Crippen LogP contribution in [0, 0.1) is 5.92 Å². The number of ether oxygens (including phenoxy) is 1. The molecule has 1 rings (SSSR count). The Kier molecular flexibility index (Phi) is 6.82. The van der Waals surface area contributed by atoms with Gasteiger partial charge in [0.15, 0.2) is 6.10 Å². The van der Waals surface area contributed by atoms with Crippen molar-refractivity contribution in [2.45, 2.75) is 39.4 Å². The highest BCUT2D eigenvalue weighted by Gasteiger charge is 2.16. The second-order valence-electron chi connectivity index (χ2n) is 5.08. The molecule has 0 radical (unpaired) electrons. The summed E-state index contributed by atoms with van der Waals surface area (Å²) in [7, 11) is 0. The van der Waals surface area contributed by atoms with E-state index in [-0.39, 0.29) is 11.8 Å². The van der Waals surface area contributed by atoms with E-state index in [1.54, 1.807) is 31.2 Å². The summed E-state index contributed by atoms with van der Waals surface area (Å²) in [6.07, 6.45) is -0.511. The third-order valence-electron chi connectivity index (χ3n) is 3.02. The topological polar surface area (TPSA) is 58.6 Å². The number of amides is 1. The van der Waals surface area contributed by atoms with Crippen LogP contribution in [0.1, 0.15) is 27.2 Å². The quantitative estimate of drug-likeness (QED) is 0.814. The average molecular weight is 300 g/mol. The lowest BCUT2D eigenvalue weighted by Crippen LogP contribution is -2.38. The average Bonchev–Trinajstić information content (AvgIpc) is 2.40. The number of carbonyl (C=O) groups excluding carboxylic acids is 1. The molecule has 2 N–H and O–H groups in total. The first kappa shape index (κ1) is 16.8. The van der Waals surface area contributed by atoms with Gasteiger partial charge in [0.2, 0.25) is 0 Å². The maximum Gasteiger partial charge on any atom is 0.260 e. The monoisotopic (exact) mass is 299 g/mol. The van der Waals surface area contributed by atoms with E-state index in [2.05, 4.69) is 5.32 Å². The maximum atomic E-state index is 11.8. The Hall–Kier alpha value is -1.26. The number of hydrogen-bond donors (Lipinski definition) is 2. The van der Waals surface area contributed by atoms with Gasteiger partial charge in [0.1, 0.15) is 5.75 Å². The van der Waals surface area contributed by atoms with Crippen LogP contribution < -0.4 is 10.1 Å². The molecule has 0 heterocycles. The lowest BCUT2D eigenvalue weighted by atomic mass is 10.0. The van der Waals surface area contributed by atoms with Gasteiger partial charge in [-0.3, -0.25) is 4.79 Å². The molecule has 0 aliphatic heterocycles. The Morgan fingerprint density at radius 3 is 2.60 bits per heavy atom. The van der Waals surface area contributed by atoms with Crippen molar-refractivity contribution in [3.8, 4) is 5.75 Å². The normalized spacial score (nSPS) is 13.9. The second-order valence-corrected chi connectivity index (χ2v) is 5.49. The number of hydrogen-bond acceptors (Lipinski definition) is 3. The molecule has 0 saturated heterocycles. The fraction of sp³-hybridized carbons (Fsp3) is 0.533. The first-order valence-corrected chi connectivity index (χ1v) is 7.16. The van der Waals surface area contributed by atoms with E-state index in [1.807, 2.05) is 13.8 Å². The summed E-state index contributed by atoms with van der Waals surface area (Å²) in [6.45, 7) is 5.97. The highest BCUT2D eigenvalue weighted by molar-refractivity contribution is 6.32. The Bertz CT molecular complexity index is 437. The zero-order valence-corrected chi connectivity index (χ0v) is 12.9. The third kappa shape index (κ3) is 5.39. The van der Waals surface area contributed by atoms with E-state index in [0.29, 0.717) is 23.7 Å². The Balaban J connectivity index is 2.38. The van der Waals surface area contributed by atoms with Crippen molar-refractivity contribution in [3.63, 3.8) is 0 Å². The van der Waals surface area contributed by atoms with Crippen LogP contribution in [0.4, 0.5) is 0 Å². The number of para-hydroxylation sites is 1. The smallest absolute Gasteiger partial charge is 0.260 e. The van der Waals surface area contributed by atoms with Crippen molar-refractivity contribution in [1.82, 2.24) is 5.32 Å². The predicted octanol–water partition coefficient (Wildman–Crippen LogP) is 2.63. The van der Waals surface area contributed by atoms with E-state index in [9.17, 15) is 9.90 Å². The van der Waals surface area contributed by atoms with Crippen molar-refractivity contribution in [2.24, 2.45) is 5.92 Å². The number of rotatable bonds is 7. The van der Waals surface area contributed by atoms with E-state index in [4.69, 9.17) is 16.3 Å². The Labute approximate surface area is 125 Å². The highest BCUT2D eigenvalue weighted by Crippen LogP contribution is 2.24. The molecule has 0 fully saturated rings. The summed E-state index contributed by atoms with van der Waals surface area (Å²) in [4.78, 5) is 11.8. The summed E-state index contributed by atoms with van der Waals surface area (Å²) in [5.74, 6) is 0.448. The fourth-order valence-corrected chi connectivity index (χ4v) is 1.78. The van der Waals surface area contributed by atoms with Crippen LogP contribution in [-0.4, -0.2) is 29.8 Å². The van der Waals surface area contributed by atoms with Crippen LogP contribution in [-0.2, 0) is 4.79 Å². The summed E-state index contributed by atoms with van der Waals surface area (Å²) >= 11 is 5.96. The van der Waals surface area contributed by atoms with E-state index in [1.165, 1.54) is 0 Å². The molecule has 0 aliphatic carbocycles. The molecule has 0 bridgehead atoms. The SMILES string of the molecule is CC(Oc1ccccc1Cl)C(=O)NCCC(O)C(C)C. The summed E-state index contributed by atoms with van der Waals surface area (Å²) in [5, 5.41) is 12.9. The van der Waals surface area contributed by atoms with E-state index < -0.39 is 12.2 Å². The first-order valence-electron chi connectivity index (χ1n) is 6.78. The number of carbonyl (C=O) groups is 1. The van der Waals surface area contributed by atoms with Crippen LogP contribution in [0.15, 0.2) is 24.3 Å². The van der Waals surface area contributed by atoms with Crippen LogP contribution >= 0.6 is 11.6 Å². The van der Waals surface area contributed by atoms with Gasteiger partial charge in [-0.1, -0.05) is 37.6 Å². The van der Waals surface area contributed by atoms with E-state index in [0.717, 1.165) is 0 Å². The van der Waals surface area contributed by atoms with Gasteiger partial charge in [-0.05, 0) is 31.4 Å². The lowest BCUT2D eigenvalue weighted by Gasteiger charge is -2.17.